The second-order valence-electron chi connectivity index (χ2n) is 5.96. The molecule has 0 bridgehead atoms. The number of hydrogen-bond donors (Lipinski definition) is 1. The minimum absolute atomic E-state index is 0.00339. The van der Waals surface area contributed by atoms with Crippen molar-refractivity contribution in [3.8, 4) is 11.5 Å². The molecule has 13 heteroatoms. The van der Waals surface area contributed by atoms with E-state index in [4.69, 9.17) is 21.1 Å². The normalized spacial score (nSPS) is 12.8. The van der Waals surface area contributed by atoms with E-state index in [1.54, 1.807) is 24.3 Å². The van der Waals surface area contributed by atoms with Gasteiger partial charge in [-0.15, -0.1) is 0 Å². The Labute approximate surface area is 190 Å². The monoisotopic (exact) mass is 584 g/mol. The fraction of sp³-hybridized carbons (Fsp3) is 0.278. The van der Waals surface area contributed by atoms with Gasteiger partial charge in [0.2, 0.25) is 0 Å². The Hall–Kier alpha value is -1.96. The average Bonchev–Trinajstić information content (AvgIpc) is 2.66. The highest BCUT2D eigenvalue weighted by atomic mass is 127. The second-order valence-corrected chi connectivity index (χ2v) is 7.64. The van der Waals surface area contributed by atoms with Crippen LogP contribution in [0.3, 0.4) is 0 Å². The molecular formula is C18H13ClF7IN2O2. The van der Waals surface area contributed by atoms with E-state index in [2.05, 4.69) is 5.10 Å². The molecule has 0 saturated carbocycles. The van der Waals surface area contributed by atoms with Gasteiger partial charge in [-0.05, 0) is 52.4 Å². The lowest BCUT2D eigenvalue weighted by Crippen LogP contribution is -2.58. The third kappa shape index (κ3) is 6.05. The quantitative estimate of drug-likeness (QED) is 0.131. The van der Waals surface area contributed by atoms with Crippen LogP contribution < -0.4 is 14.9 Å². The van der Waals surface area contributed by atoms with Gasteiger partial charge in [-0.25, -0.2) is 5.43 Å². The predicted molar refractivity (Wildman–Crippen MR) is 108 cm³/mol. The molecule has 0 radical (unpaired) electrons. The van der Waals surface area contributed by atoms with Gasteiger partial charge in [0.25, 0.3) is 0 Å². The van der Waals surface area contributed by atoms with E-state index < -0.39 is 18.1 Å². The van der Waals surface area contributed by atoms with E-state index in [1.807, 2.05) is 22.6 Å². The molecule has 2 aromatic carbocycles. The predicted octanol–water partition coefficient (Wildman–Crippen LogP) is 6.25. The number of hydrogen-bond acceptors (Lipinski definition) is 4. The van der Waals surface area contributed by atoms with Gasteiger partial charge in [-0.2, -0.15) is 35.8 Å². The molecule has 0 saturated heterocycles. The summed E-state index contributed by atoms with van der Waals surface area (Å²) in [5.74, 6) is -6.17. The first-order valence-electron chi connectivity index (χ1n) is 8.16. The van der Waals surface area contributed by atoms with Crippen LogP contribution >= 0.6 is 34.2 Å². The van der Waals surface area contributed by atoms with Crippen molar-refractivity contribution in [3.63, 3.8) is 0 Å². The standard InChI is InChI=1S/C18H13ClF7IN2O2/c1-30-14-7-13(27)6-11(15(14)31-9-10-2-4-12(19)5-3-10)8-28-29-18(25,26)16(20,21)17(22,23)24/h2-8,29H,9H2,1H3/b28-8-. The van der Waals surface area contributed by atoms with Crippen LogP contribution in [-0.2, 0) is 6.61 Å². The SMILES string of the molecule is COc1cc(I)cc(/C=N\NC(F)(F)C(F)(F)C(F)(F)F)c1OCc1ccc(Cl)cc1. The molecule has 2 rings (SSSR count). The Balaban J connectivity index is 2.28. The molecule has 0 heterocycles. The van der Waals surface area contributed by atoms with E-state index >= 15 is 0 Å². The lowest BCUT2D eigenvalue weighted by Gasteiger charge is -2.27. The van der Waals surface area contributed by atoms with E-state index in [9.17, 15) is 30.7 Å². The number of methoxy groups -OCH3 is 1. The zero-order valence-electron chi connectivity index (χ0n) is 15.4. The Morgan fingerprint density at radius 1 is 1.06 bits per heavy atom. The fourth-order valence-electron chi connectivity index (χ4n) is 2.16. The Morgan fingerprint density at radius 2 is 1.68 bits per heavy atom. The molecule has 2 aromatic rings. The van der Waals surface area contributed by atoms with E-state index in [-0.39, 0.29) is 23.7 Å². The van der Waals surface area contributed by atoms with Crippen molar-refractivity contribution >= 4 is 40.4 Å². The molecule has 0 unspecified atom stereocenters. The minimum atomic E-state index is -6.47. The first kappa shape index (κ1) is 25.3. The highest BCUT2D eigenvalue weighted by molar-refractivity contribution is 14.1. The van der Waals surface area contributed by atoms with Gasteiger partial charge in [0.1, 0.15) is 6.61 Å². The summed E-state index contributed by atoms with van der Waals surface area (Å²) in [5, 5.41) is 3.37. The van der Waals surface area contributed by atoms with E-state index in [0.717, 1.165) is 0 Å². The summed E-state index contributed by atoms with van der Waals surface area (Å²) in [6.45, 7) is -0.00923. The number of rotatable bonds is 8. The maximum absolute atomic E-state index is 13.4. The van der Waals surface area contributed by atoms with Crippen LogP contribution in [0.15, 0.2) is 41.5 Å². The summed E-state index contributed by atoms with van der Waals surface area (Å²) in [6.07, 6.45) is -5.85. The molecular weight excluding hydrogens is 572 g/mol. The van der Waals surface area contributed by atoms with Gasteiger partial charge in [-0.1, -0.05) is 23.7 Å². The van der Waals surface area contributed by atoms with Gasteiger partial charge >= 0.3 is 18.1 Å². The summed E-state index contributed by atoms with van der Waals surface area (Å²) in [5.41, 5.74) is 1.25. The first-order chi connectivity index (χ1) is 14.3. The minimum Gasteiger partial charge on any atom is -0.493 e. The third-order valence-electron chi connectivity index (χ3n) is 3.72. The van der Waals surface area contributed by atoms with Crippen molar-refractivity contribution in [2.24, 2.45) is 5.10 Å². The van der Waals surface area contributed by atoms with Crippen molar-refractivity contribution in [3.05, 3.63) is 56.1 Å². The van der Waals surface area contributed by atoms with Crippen LogP contribution in [-0.4, -0.2) is 31.5 Å². The number of nitrogens with one attached hydrogen (secondary N) is 1. The van der Waals surface area contributed by atoms with E-state index in [1.165, 1.54) is 19.2 Å². The van der Waals surface area contributed by atoms with Crippen molar-refractivity contribution in [1.29, 1.82) is 0 Å². The molecule has 0 spiro atoms. The number of benzene rings is 2. The molecule has 1 N–H and O–H groups in total. The van der Waals surface area contributed by atoms with Gasteiger partial charge in [-0.3, -0.25) is 0 Å². The number of nitrogens with zero attached hydrogens (tertiary/aromatic N) is 1. The van der Waals surface area contributed by atoms with Gasteiger partial charge in [0, 0.05) is 14.2 Å². The highest BCUT2D eigenvalue weighted by Crippen LogP contribution is 2.45. The first-order valence-corrected chi connectivity index (χ1v) is 9.61. The molecule has 0 aromatic heterocycles. The fourth-order valence-corrected chi connectivity index (χ4v) is 2.90. The lowest BCUT2D eigenvalue weighted by atomic mass is 10.2. The van der Waals surface area contributed by atoms with Gasteiger partial charge < -0.3 is 9.47 Å². The van der Waals surface area contributed by atoms with Crippen molar-refractivity contribution in [1.82, 2.24) is 5.43 Å². The molecule has 0 aliphatic rings. The van der Waals surface area contributed by atoms with E-state index in [0.29, 0.717) is 25.8 Å². The maximum Gasteiger partial charge on any atom is 0.462 e. The largest absolute Gasteiger partial charge is 0.493 e. The Kier molecular flexibility index (Phi) is 7.89. The zero-order valence-corrected chi connectivity index (χ0v) is 18.3. The summed E-state index contributed by atoms with van der Waals surface area (Å²) in [6, 6.07) is 3.78. The summed E-state index contributed by atoms with van der Waals surface area (Å²) >= 11 is 7.66. The van der Waals surface area contributed by atoms with Crippen LogP contribution in [0.2, 0.25) is 5.02 Å². The second kappa shape index (κ2) is 9.67. The summed E-state index contributed by atoms with van der Waals surface area (Å²) in [4.78, 5) is 0. The topological polar surface area (TPSA) is 42.8 Å². The Morgan fingerprint density at radius 3 is 2.23 bits per heavy atom. The van der Waals surface area contributed by atoms with Crippen LogP contribution in [0.1, 0.15) is 11.1 Å². The molecule has 0 aliphatic carbocycles. The summed E-state index contributed by atoms with van der Waals surface area (Å²) in [7, 11) is 1.30. The smallest absolute Gasteiger partial charge is 0.462 e. The number of ether oxygens (including phenoxy) is 2. The molecule has 0 fully saturated rings. The lowest BCUT2D eigenvalue weighted by molar-refractivity contribution is -0.361. The summed E-state index contributed by atoms with van der Waals surface area (Å²) < 4.78 is 101. The Bertz CT molecular complexity index is 938. The maximum atomic E-state index is 13.4. The van der Waals surface area contributed by atoms with Crippen LogP contribution in [0, 0.1) is 3.57 Å². The molecule has 0 aliphatic heterocycles. The van der Waals surface area contributed by atoms with Crippen LogP contribution in [0.4, 0.5) is 30.7 Å². The molecule has 4 nitrogen and oxygen atoms in total. The van der Waals surface area contributed by atoms with Crippen molar-refractivity contribution in [2.45, 2.75) is 24.8 Å². The number of hydrazone groups is 1. The molecule has 0 atom stereocenters. The molecule has 31 heavy (non-hydrogen) atoms. The van der Waals surface area contributed by atoms with Crippen LogP contribution in [0.25, 0.3) is 0 Å². The molecule has 170 valence electrons. The third-order valence-corrected chi connectivity index (χ3v) is 4.60. The number of halogens is 9. The van der Waals surface area contributed by atoms with Crippen molar-refractivity contribution in [2.75, 3.05) is 7.11 Å². The molecule has 0 amide bonds. The van der Waals surface area contributed by atoms with Crippen molar-refractivity contribution < 1.29 is 40.2 Å². The van der Waals surface area contributed by atoms with Gasteiger partial charge in [0.15, 0.2) is 11.5 Å². The van der Waals surface area contributed by atoms with Crippen LogP contribution in [0.5, 0.6) is 11.5 Å². The number of alkyl halides is 7. The zero-order chi connectivity index (χ0) is 23.4. The van der Waals surface area contributed by atoms with Gasteiger partial charge in [0.05, 0.1) is 13.3 Å². The highest BCUT2D eigenvalue weighted by Gasteiger charge is 2.73. The average molecular weight is 585 g/mol.